The maximum atomic E-state index is 11.3. The maximum absolute atomic E-state index is 11.3. The van der Waals surface area contributed by atoms with Crippen molar-refractivity contribution in [3.63, 3.8) is 0 Å². The standard InChI is InChI=1S/C15H19NO2/c1-15(2,3)18-14(17)12-16-11-7-10-13-8-5-4-6-9-13/h4-11H,12H2,1-3H3/b10-7+,16-11?. The van der Waals surface area contributed by atoms with E-state index in [1.54, 1.807) is 12.3 Å². The van der Waals surface area contributed by atoms with Crippen molar-refractivity contribution in [2.75, 3.05) is 6.54 Å². The number of hydrogen-bond acceptors (Lipinski definition) is 3. The first-order valence-electron chi connectivity index (χ1n) is 5.91. The van der Waals surface area contributed by atoms with Crippen LogP contribution in [0.25, 0.3) is 6.08 Å². The maximum Gasteiger partial charge on any atom is 0.328 e. The van der Waals surface area contributed by atoms with E-state index < -0.39 is 5.60 Å². The van der Waals surface area contributed by atoms with Crippen molar-refractivity contribution in [2.45, 2.75) is 26.4 Å². The zero-order valence-electron chi connectivity index (χ0n) is 11.1. The van der Waals surface area contributed by atoms with Gasteiger partial charge >= 0.3 is 5.97 Å². The summed E-state index contributed by atoms with van der Waals surface area (Å²) < 4.78 is 5.13. The van der Waals surface area contributed by atoms with Crippen molar-refractivity contribution in [3.8, 4) is 0 Å². The molecular weight excluding hydrogens is 226 g/mol. The molecule has 96 valence electrons. The highest BCUT2D eigenvalue weighted by atomic mass is 16.6. The number of carbonyl (C=O) groups excluding carboxylic acids is 1. The number of aliphatic imine (C=N–C) groups is 1. The molecule has 3 nitrogen and oxygen atoms in total. The molecule has 1 aromatic rings. The average molecular weight is 245 g/mol. The summed E-state index contributed by atoms with van der Waals surface area (Å²) in [6, 6.07) is 9.90. The van der Waals surface area contributed by atoms with Crippen LogP contribution in [0.2, 0.25) is 0 Å². The lowest BCUT2D eigenvalue weighted by molar-refractivity contribution is -0.152. The van der Waals surface area contributed by atoms with E-state index in [1.165, 1.54) is 0 Å². The van der Waals surface area contributed by atoms with E-state index in [2.05, 4.69) is 4.99 Å². The van der Waals surface area contributed by atoms with Crippen LogP contribution in [-0.2, 0) is 9.53 Å². The van der Waals surface area contributed by atoms with E-state index in [0.717, 1.165) is 5.56 Å². The highest BCUT2D eigenvalue weighted by Gasteiger charge is 2.14. The van der Waals surface area contributed by atoms with E-state index >= 15 is 0 Å². The van der Waals surface area contributed by atoms with Gasteiger partial charge in [0, 0.05) is 6.21 Å². The molecule has 0 N–H and O–H groups in total. The fourth-order valence-electron chi connectivity index (χ4n) is 1.28. The molecule has 0 fully saturated rings. The van der Waals surface area contributed by atoms with Gasteiger partial charge in [-0.15, -0.1) is 0 Å². The Morgan fingerprint density at radius 1 is 1.28 bits per heavy atom. The summed E-state index contributed by atoms with van der Waals surface area (Å²) in [7, 11) is 0. The number of benzene rings is 1. The van der Waals surface area contributed by atoms with E-state index in [4.69, 9.17) is 4.74 Å². The molecule has 0 bridgehead atoms. The normalized spacial score (nSPS) is 12.2. The van der Waals surface area contributed by atoms with Crippen molar-refractivity contribution in [2.24, 2.45) is 4.99 Å². The highest BCUT2D eigenvalue weighted by molar-refractivity contribution is 5.81. The Morgan fingerprint density at radius 3 is 2.56 bits per heavy atom. The van der Waals surface area contributed by atoms with E-state index in [9.17, 15) is 4.79 Å². The number of hydrogen-bond donors (Lipinski definition) is 0. The number of carbonyl (C=O) groups is 1. The zero-order chi connectivity index (χ0) is 13.4. The minimum absolute atomic E-state index is 0.0520. The lowest BCUT2D eigenvalue weighted by Crippen LogP contribution is -2.25. The zero-order valence-corrected chi connectivity index (χ0v) is 11.1. The molecule has 0 aliphatic carbocycles. The molecule has 0 aliphatic heterocycles. The summed E-state index contributed by atoms with van der Waals surface area (Å²) in [6.07, 6.45) is 5.34. The molecular formula is C15H19NO2. The number of esters is 1. The van der Waals surface area contributed by atoms with Crippen molar-refractivity contribution < 1.29 is 9.53 Å². The molecule has 0 unspecified atom stereocenters. The van der Waals surface area contributed by atoms with Crippen molar-refractivity contribution in [1.29, 1.82) is 0 Å². The van der Waals surface area contributed by atoms with Crippen molar-refractivity contribution >= 4 is 18.3 Å². The Bertz CT molecular complexity index is 428. The average Bonchev–Trinajstić information content (AvgIpc) is 2.27. The lowest BCUT2D eigenvalue weighted by atomic mass is 10.2. The fraction of sp³-hybridized carbons (Fsp3) is 0.333. The van der Waals surface area contributed by atoms with Gasteiger partial charge in [0.05, 0.1) is 0 Å². The van der Waals surface area contributed by atoms with Crippen LogP contribution in [0, 0.1) is 0 Å². The first kappa shape index (κ1) is 14.2. The van der Waals surface area contributed by atoms with Crippen molar-refractivity contribution in [1.82, 2.24) is 0 Å². The van der Waals surface area contributed by atoms with Crippen LogP contribution in [0.5, 0.6) is 0 Å². The molecule has 3 heteroatoms. The van der Waals surface area contributed by atoms with Crippen LogP contribution >= 0.6 is 0 Å². The molecule has 0 atom stereocenters. The van der Waals surface area contributed by atoms with Crippen LogP contribution in [0.15, 0.2) is 41.4 Å². The van der Waals surface area contributed by atoms with Gasteiger partial charge in [-0.25, -0.2) is 0 Å². The second kappa shape index (κ2) is 6.74. The topological polar surface area (TPSA) is 38.7 Å². The van der Waals surface area contributed by atoms with Gasteiger partial charge in [0.2, 0.25) is 0 Å². The summed E-state index contributed by atoms with van der Waals surface area (Å²) in [5.41, 5.74) is 0.646. The van der Waals surface area contributed by atoms with E-state index in [-0.39, 0.29) is 12.5 Å². The predicted octanol–water partition coefficient (Wildman–Crippen LogP) is 3.11. The lowest BCUT2D eigenvalue weighted by Gasteiger charge is -2.18. The SMILES string of the molecule is CC(C)(C)OC(=O)CN=C/C=C/c1ccccc1. The number of allylic oxidation sites excluding steroid dienone is 1. The molecule has 1 rings (SSSR count). The Balaban J connectivity index is 2.34. The number of ether oxygens (including phenoxy) is 1. The van der Waals surface area contributed by atoms with Gasteiger partial charge in [0.25, 0.3) is 0 Å². The largest absolute Gasteiger partial charge is 0.459 e. The third kappa shape index (κ3) is 6.63. The van der Waals surface area contributed by atoms with E-state index in [0.29, 0.717) is 0 Å². The van der Waals surface area contributed by atoms with Gasteiger partial charge in [-0.1, -0.05) is 36.4 Å². The summed E-state index contributed by atoms with van der Waals surface area (Å²) in [5.74, 6) is -0.313. The number of nitrogens with zero attached hydrogens (tertiary/aromatic N) is 1. The third-order valence-corrected chi connectivity index (χ3v) is 1.92. The summed E-state index contributed by atoms with van der Waals surface area (Å²) in [5, 5.41) is 0. The second-order valence-corrected chi connectivity index (χ2v) is 4.85. The second-order valence-electron chi connectivity index (χ2n) is 4.85. The van der Waals surface area contributed by atoms with Gasteiger partial charge in [-0.2, -0.15) is 0 Å². The van der Waals surface area contributed by atoms with Gasteiger partial charge < -0.3 is 4.74 Å². The Labute approximate surface area is 108 Å². The molecule has 0 aromatic heterocycles. The van der Waals surface area contributed by atoms with Gasteiger partial charge in [-0.3, -0.25) is 9.79 Å². The molecule has 0 amide bonds. The van der Waals surface area contributed by atoms with Crippen LogP contribution in [0.1, 0.15) is 26.3 Å². The minimum Gasteiger partial charge on any atom is -0.459 e. The van der Waals surface area contributed by atoms with Gasteiger partial charge in [0.15, 0.2) is 0 Å². The first-order chi connectivity index (χ1) is 8.47. The highest BCUT2D eigenvalue weighted by Crippen LogP contribution is 2.06. The smallest absolute Gasteiger partial charge is 0.328 e. The summed E-state index contributed by atoms with van der Waals surface area (Å²) >= 11 is 0. The Kier molecular flexibility index (Phi) is 5.31. The predicted molar refractivity (Wildman–Crippen MR) is 74.7 cm³/mol. The quantitative estimate of drug-likeness (QED) is 0.604. The summed E-state index contributed by atoms with van der Waals surface area (Å²) in [6.45, 7) is 5.56. The number of rotatable bonds is 4. The van der Waals surface area contributed by atoms with Crippen molar-refractivity contribution in [3.05, 3.63) is 42.0 Å². The Morgan fingerprint density at radius 2 is 1.94 bits per heavy atom. The first-order valence-corrected chi connectivity index (χ1v) is 5.91. The molecule has 18 heavy (non-hydrogen) atoms. The molecule has 0 radical (unpaired) electrons. The molecule has 0 spiro atoms. The van der Waals surface area contributed by atoms with Crippen LogP contribution in [-0.4, -0.2) is 24.3 Å². The van der Waals surface area contributed by atoms with Gasteiger partial charge in [-0.05, 0) is 32.4 Å². The molecule has 0 aliphatic rings. The third-order valence-electron chi connectivity index (χ3n) is 1.92. The van der Waals surface area contributed by atoms with Crippen LogP contribution in [0.4, 0.5) is 0 Å². The van der Waals surface area contributed by atoms with E-state index in [1.807, 2.05) is 57.2 Å². The van der Waals surface area contributed by atoms with Crippen LogP contribution < -0.4 is 0 Å². The molecule has 0 saturated heterocycles. The minimum atomic E-state index is -0.452. The molecule has 0 saturated carbocycles. The monoisotopic (exact) mass is 245 g/mol. The van der Waals surface area contributed by atoms with Gasteiger partial charge in [0.1, 0.15) is 12.1 Å². The molecule has 0 heterocycles. The fourth-order valence-corrected chi connectivity index (χ4v) is 1.28. The Hall–Kier alpha value is -1.90. The molecule has 1 aromatic carbocycles. The van der Waals surface area contributed by atoms with Crippen LogP contribution in [0.3, 0.4) is 0 Å². The summed E-state index contributed by atoms with van der Waals surface area (Å²) in [4.78, 5) is 15.3.